The summed E-state index contributed by atoms with van der Waals surface area (Å²) in [7, 11) is 0. The number of carbonyl (C=O) groups excluding carboxylic acids is 1. The van der Waals surface area contributed by atoms with Crippen molar-refractivity contribution < 1.29 is 9.53 Å². The van der Waals surface area contributed by atoms with E-state index in [1.807, 2.05) is 0 Å². The number of nitrogens with one attached hydrogen (secondary N) is 1. The molecular formula is C10H18N2O2. The summed E-state index contributed by atoms with van der Waals surface area (Å²) >= 11 is 0. The van der Waals surface area contributed by atoms with Crippen molar-refractivity contribution in [1.82, 2.24) is 5.32 Å². The molecule has 3 unspecified atom stereocenters. The van der Waals surface area contributed by atoms with Gasteiger partial charge in [0.2, 0.25) is 0 Å². The molecule has 3 N–H and O–H groups in total. The van der Waals surface area contributed by atoms with Gasteiger partial charge in [0.25, 0.3) is 0 Å². The summed E-state index contributed by atoms with van der Waals surface area (Å²) < 4.78 is 5.16. The van der Waals surface area contributed by atoms with E-state index in [1.165, 1.54) is 0 Å². The Balaban J connectivity index is 2.15. The second kappa shape index (κ2) is 2.63. The van der Waals surface area contributed by atoms with E-state index >= 15 is 0 Å². The largest absolute Gasteiger partial charge is 0.445 e. The van der Waals surface area contributed by atoms with Gasteiger partial charge in [-0.25, -0.2) is 4.79 Å². The van der Waals surface area contributed by atoms with Gasteiger partial charge in [-0.1, -0.05) is 20.8 Å². The molecule has 0 aromatic rings. The zero-order valence-corrected chi connectivity index (χ0v) is 8.96. The predicted molar refractivity (Wildman–Crippen MR) is 52.7 cm³/mol. The lowest BCUT2D eigenvalue weighted by molar-refractivity contribution is 0.0932. The van der Waals surface area contributed by atoms with Crippen LogP contribution in [0, 0.1) is 16.7 Å². The number of ether oxygens (including phenoxy) is 1. The minimum atomic E-state index is -0.645. The Kier molecular flexibility index (Phi) is 1.83. The highest BCUT2D eigenvalue weighted by Gasteiger charge is 2.74. The lowest BCUT2D eigenvalue weighted by Crippen LogP contribution is -2.35. The van der Waals surface area contributed by atoms with Crippen molar-refractivity contribution in [2.45, 2.75) is 26.9 Å². The molecule has 2 rings (SSSR count). The van der Waals surface area contributed by atoms with Gasteiger partial charge in [-0.2, -0.15) is 0 Å². The van der Waals surface area contributed by atoms with Crippen molar-refractivity contribution in [2.75, 3.05) is 13.1 Å². The van der Waals surface area contributed by atoms with Crippen LogP contribution in [-0.4, -0.2) is 25.3 Å². The maximum atomic E-state index is 10.7. The van der Waals surface area contributed by atoms with Crippen LogP contribution in [0.25, 0.3) is 0 Å². The van der Waals surface area contributed by atoms with Crippen molar-refractivity contribution >= 4 is 6.09 Å². The van der Waals surface area contributed by atoms with Crippen LogP contribution in [0.1, 0.15) is 20.8 Å². The molecule has 14 heavy (non-hydrogen) atoms. The van der Waals surface area contributed by atoms with Crippen LogP contribution >= 0.6 is 0 Å². The summed E-state index contributed by atoms with van der Waals surface area (Å²) in [6, 6.07) is 0. The van der Waals surface area contributed by atoms with Crippen molar-refractivity contribution in [3.8, 4) is 0 Å². The summed E-state index contributed by atoms with van der Waals surface area (Å²) in [5.74, 6) is 0.454. The summed E-state index contributed by atoms with van der Waals surface area (Å²) in [6.07, 6.45) is -0.616. The first kappa shape index (κ1) is 9.77. The highest BCUT2D eigenvalue weighted by molar-refractivity contribution is 5.65. The minimum absolute atomic E-state index is 0.0289. The molecule has 0 bridgehead atoms. The van der Waals surface area contributed by atoms with E-state index in [-0.39, 0.29) is 16.9 Å². The fourth-order valence-corrected chi connectivity index (χ4v) is 3.00. The van der Waals surface area contributed by atoms with Crippen LogP contribution in [0.4, 0.5) is 4.79 Å². The number of fused-ring (bicyclic) bond motifs is 1. The number of piperidine rings is 1. The molecule has 1 aliphatic carbocycles. The highest BCUT2D eigenvalue weighted by Crippen LogP contribution is 2.66. The predicted octanol–water partition coefficient (Wildman–Crippen LogP) is 0.716. The van der Waals surface area contributed by atoms with Gasteiger partial charge in [-0.15, -0.1) is 0 Å². The first-order valence-corrected chi connectivity index (χ1v) is 5.06. The standard InChI is InChI=1S/C10H18N2O2/c1-9(2,3)10-5-12-4-6(10)7(10)14-8(11)13/h6-7,12H,4-5H2,1-3H3,(H2,11,13). The van der Waals surface area contributed by atoms with Crippen LogP contribution < -0.4 is 11.1 Å². The summed E-state index contributed by atoms with van der Waals surface area (Å²) in [5.41, 5.74) is 5.32. The Bertz CT molecular complexity index is 272. The Morgan fingerprint density at radius 2 is 2.21 bits per heavy atom. The lowest BCUT2D eigenvalue weighted by atomic mass is 9.76. The first-order valence-electron chi connectivity index (χ1n) is 5.06. The maximum absolute atomic E-state index is 10.7. The average molecular weight is 198 g/mol. The number of hydrogen-bond donors (Lipinski definition) is 2. The Hall–Kier alpha value is -0.770. The summed E-state index contributed by atoms with van der Waals surface area (Å²) in [5, 5.41) is 3.34. The normalized spacial score (nSPS) is 40.5. The summed E-state index contributed by atoms with van der Waals surface area (Å²) in [6.45, 7) is 8.44. The molecule has 2 fully saturated rings. The molecule has 1 amide bonds. The van der Waals surface area contributed by atoms with Gasteiger partial charge in [0.05, 0.1) is 0 Å². The zero-order chi connectivity index (χ0) is 10.6. The minimum Gasteiger partial charge on any atom is -0.445 e. The number of rotatable bonds is 1. The van der Waals surface area contributed by atoms with E-state index in [2.05, 4.69) is 26.1 Å². The monoisotopic (exact) mass is 198 g/mol. The smallest absolute Gasteiger partial charge is 0.404 e. The molecule has 1 saturated heterocycles. The van der Waals surface area contributed by atoms with Gasteiger partial charge in [-0.05, 0) is 5.41 Å². The Morgan fingerprint density at radius 3 is 2.64 bits per heavy atom. The van der Waals surface area contributed by atoms with Gasteiger partial charge in [-0.3, -0.25) is 0 Å². The van der Waals surface area contributed by atoms with Crippen LogP contribution in [0.3, 0.4) is 0 Å². The third-order valence-electron chi connectivity index (χ3n) is 3.85. The van der Waals surface area contributed by atoms with E-state index in [9.17, 15) is 4.79 Å². The molecule has 0 radical (unpaired) electrons. The Labute approximate surface area is 84.2 Å². The molecule has 4 heteroatoms. The van der Waals surface area contributed by atoms with Crippen LogP contribution in [0.5, 0.6) is 0 Å². The molecule has 0 aromatic carbocycles. The molecule has 0 aromatic heterocycles. The van der Waals surface area contributed by atoms with Crippen LogP contribution in [0.2, 0.25) is 0 Å². The van der Waals surface area contributed by atoms with E-state index < -0.39 is 6.09 Å². The first-order chi connectivity index (χ1) is 6.39. The van der Waals surface area contributed by atoms with Crippen LogP contribution in [0.15, 0.2) is 0 Å². The third-order valence-corrected chi connectivity index (χ3v) is 3.85. The maximum Gasteiger partial charge on any atom is 0.404 e. The molecule has 1 aliphatic heterocycles. The van der Waals surface area contributed by atoms with E-state index in [0.717, 1.165) is 13.1 Å². The number of primary amides is 1. The number of hydrogen-bond acceptors (Lipinski definition) is 3. The van der Waals surface area contributed by atoms with Crippen molar-refractivity contribution in [2.24, 2.45) is 22.5 Å². The molecule has 1 heterocycles. The second-order valence-electron chi connectivity index (χ2n) is 5.39. The van der Waals surface area contributed by atoms with Gasteiger partial charge in [0.1, 0.15) is 6.10 Å². The van der Waals surface area contributed by atoms with Crippen molar-refractivity contribution in [3.63, 3.8) is 0 Å². The number of carbonyl (C=O) groups is 1. The molecule has 3 atom stereocenters. The molecular weight excluding hydrogens is 180 g/mol. The fourth-order valence-electron chi connectivity index (χ4n) is 3.00. The molecule has 2 aliphatic rings. The quantitative estimate of drug-likeness (QED) is 0.652. The molecule has 1 saturated carbocycles. The molecule has 4 nitrogen and oxygen atoms in total. The highest BCUT2D eigenvalue weighted by atomic mass is 16.6. The van der Waals surface area contributed by atoms with E-state index in [1.54, 1.807) is 0 Å². The van der Waals surface area contributed by atoms with E-state index in [4.69, 9.17) is 10.5 Å². The number of amides is 1. The Morgan fingerprint density at radius 1 is 1.57 bits per heavy atom. The SMILES string of the molecule is CC(C)(C)C12CNCC1C2OC(N)=O. The fraction of sp³-hybridized carbons (Fsp3) is 0.900. The third kappa shape index (κ3) is 1.06. The van der Waals surface area contributed by atoms with Gasteiger partial charge >= 0.3 is 6.09 Å². The zero-order valence-electron chi connectivity index (χ0n) is 8.96. The second-order valence-corrected chi connectivity index (χ2v) is 5.39. The van der Waals surface area contributed by atoms with Gasteiger partial charge in [0.15, 0.2) is 0 Å². The van der Waals surface area contributed by atoms with Crippen molar-refractivity contribution in [3.05, 3.63) is 0 Å². The van der Waals surface area contributed by atoms with Gasteiger partial charge < -0.3 is 15.8 Å². The van der Waals surface area contributed by atoms with Gasteiger partial charge in [0, 0.05) is 24.4 Å². The van der Waals surface area contributed by atoms with Crippen molar-refractivity contribution in [1.29, 1.82) is 0 Å². The van der Waals surface area contributed by atoms with E-state index in [0.29, 0.717) is 5.92 Å². The molecule has 80 valence electrons. The molecule has 0 spiro atoms. The average Bonchev–Trinajstić information content (AvgIpc) is 2.48. The summed E-state index contributed by atoms with van der Waals surface area (Å²) in [4.78, 5) is 10.7. The van der Waals surface area contributed by atoms with Crippen LogP contribution in [-0.2, 0) is 4.74 Å². The lowest BCUT2D eigenvalue weighted by Gasteiger charge is -2.30. The number of nitrogens with two attached hydrogens (primary N) is 1. The topological polar surface area (TPSA) is 64.3 Å².